The third kappa shape index (κ3) is 7.57. The van der Waals surface area contributed by atoms with Crippen molar-refractivity contribution < 1.29 is 9.26 Å². The van der Waals surface area contributed by atoms with Gasteiger partial charge in [0.1, 0.15) is 6.26 Å². The zero-order chi connectivity index (χ0) is 18.0. The van der Waals surface area contributed by atoms with Crippen LogP contribution in [0.2, 0.25) is 0 Å². The zero-order valence-corrected chi connectivity index (χ0v) is 18.8. The van der Waals surface area contributed by atoms with E-state index in [1.807, 2.05) is 13.1 Å². The van der Waals surface area contributed by atoms with Crippen LogP contribution in [-0.2, 0) is 11.3 Å². The molecule has 154 valence electrons. The van der Waals surface area contributed by atoms with Crippen LogP contribution in [0.4, 0.5) is 0 Å². The third-order valence-electron chi connectivity index (χ3n) is 5.27. The van der Waals surface area contributed by atoms with Crippen LogP contribution < -0.4 is 5.32 Å². The summed E-state index contributed by atoms with van der Waals surface area (Å²) in [6.07, 6.45) is 9.69. The summed E-state index contributed by atoms with van der Waals surface area (Å²) < 4.78 is 10.9. The number of hydrogen-bond donors (Lipinski definition) is 1. The van der Waals surface area contributed by atoms with Gasteiger partial charge in [0, 0.05) is 59.0 Å². The van der Waals surface area contributed by atoms with E-state index in [0.29, 0.717) is 6.10 Å². The number of ether oxygens (including phenoxy) is 1. The Balaban J connectivity index is 0.00000261. The topological polar surface area (TPSA) is 66.1 Å². The summed E-state index contributed by atoms with van der Waals surface area (Å²) in [5, 5.41) is 7.48. The molecule has 8 heteroatoms. The van der Waals surface area contributed by atoms with Gasteiger partial charge in [-0.15, -0.1) is 24.0 Å². The lowest BCUT2D eigenvalue weighted by Gasteiger charge is -2.36. The van der Waals surface area contributed by atoms with E-state index in [2.05, 4.69) is 25.3 Å². The highest BCUT2D eigenvalue weighted by atomic mass is 127. The molecule has 1 saturated heterocycles. The van der Waals surface area contributed by atoms with E-state index in [1.54, 1.807) is 6.26 Å². The van der Waals surface area contributed by atoms with Crippen LogP contribution in [0.5, 0.6) is 0 Å². The highest BCUT2D eigenvalue weighted by molar-refractivity contribution is 14.0. The molecule has 1 aliphatic heterocycles. The molecule has 0 atom stereocenters. The van der Waals surface area contributed by atoms with Crippen LogP contribution in [0, 0.1) is 0 Å². The number of aromatic nitrogens is 1. The van der Waals surface area contributed by atoms with Crippen LogP contribution in [0.25, 0.3) is 0 Å². The predicted molar refractivity (Wildman–Crippen MR) is 118 cm³/mol. The molecular weight excluding hydrogens is 457 g/mol. The van der Waals surface area contributed by atoms with Gasteiger partial charge in [0.2, 0.25) is 0 Å². The summed E-state index contributed by atoms with van der Waals surface area (Å²) in [6.45, 7) is 6.61. The molecule has 1 aliphatic carbocycles. The van der Waals surface area contributed by atoms with Gasteiger partial charge in [0.05, 0.1) is 11.8 Å². The molecule has 2 fully saturated rings. The molecule has 0 radical (unpaired) electrons. The second kappa shape index (κ2) is 12.6. The fourth-order valence-electron chi connectivity index (χ4n) is 3.75. The first kappa shape index (κ1) is 22.4. The van der Waals surface area contributed by atoms with Gasteiger partial charge in [-0.3, -0.25) is 9.89 Å². The smallest absolute Gasteiger partial charge is 0.193 e. The van der Waals surface area contributed by atoms with Gasteiger partial charge in [0.15, 0.2) is 5.96 Å². The van der Waals surface area contributed by atoms with Crippen molar-refractivity contribution in [2.45, 2.75) is 51.2 Å². The zero-order valence-electron chi connectivity index (χ0n) is 16.4. The van der Waals surface area contributed by atoms with Crippen molar-refractivity contribution >= 4 is 29.9 Å². The molecule has 1 saturated carbocycles. The summed E-state index contributed by atoms with van der Waals surface area (Å²) in [5.41, 5.74) is 0.999. The van der Waals surface area contributed by atoms with E-state index in [-0.39, 0.29) is 24.0 Å². The molecule has 0 bridgehead atoms. The Bertz CT molecular complexity index is 526. The van der Waals surface area contributed by atoms with Crippen molar-refractivity contribution in [3.63, 3.8) is 0 Å². The molecule has 7 nitrogen and oxygen atoms in total. The van der Waals surface area contributed by atoms with E-state index < -0.39 is 0 Å². The Labute approximate surface area is 179 Å². The molecule has 2 aliphatic rings. The molecule has 1 aromatic rings. The number of rotatable bonds is 7. The van der Waals surface area contributed by atoms with Crippen LogP contribution in [0.1, 0.15) is 44.2 Å². The number of nitrogens with one attached hydrogen (secondary N) is 1. The summed E-state index contributed by atoms with van der Waals surface area (Å²) in [6, 6.07) is 1.93. The second-order valence-electron chi connectivity index (χ2n) is 7.21. The first-order valence-corrected chi connectivity index (χ1v) is 10.0. The standard InChI is InChI=1S/C19H33N5O2.HI/c1-20-19(21-9-5-14-25-18-6-3-2-4-7-18)24-12-10-23(11-13-24)16-17-8-15-26-22-17;/h8,15,18H,2-7,9-14,16H2,1H3,(H,20,21);1H. The van der Waals surface area contributed by atoms with Gasteiger partial charge >= 0.3 is 0 Å². The normalized spacial score (nSPS) is 19.7. The number of hydrogen-bond acceptors (Lipinski definition) is 5. The first-order valence-electron chi connectivity index (χ1n) is 10.0. The van der Waals surface area contributed by atoms with Crippen molar-refractivity contribution in [1.29, 1.82) is 0 Å². The maximum absolute atomic E-state index is 5.99. The molecule has 1 N–H and O–H groups in total. The van der Waals surface area contributed by atoms with Crippen LogP contribution in [0.15, 0.2) is 21.8 Å². The highest BCUT2D eigenvalue weighted by Gasteiger charge is 2.20. The Morgan fingerprint density at radius 1 is 1.26 bits per heavy atom. The predicted octanol–water partition coefficient (Wildman–Crippen LogP) is 2.73. The van der Waals surface area contributed by atoms with Gasteiger partial charge < -0.3 is 19.5 Å². The highest BCUT2D eigenvalue weighted by Crippen LogP contribution is 2.20. The molecule has 0 aromatic carbocycles. The molecule has 0 unspecified atom stereocenters. The lowest BCUT2D eigenvalue weighted by atomic mass is 9.98. The lowest BCUT2D eigenvalue weighted by molar-refractivity contribution is 0.0276. The lowest BCUT2D eigenvalue weighted by Crippen LogP contribution is -2.52. The van der Waals surface area contributed by atoms with Crippen molar-refractivity contribution in [1.82, 2.24) is 20.3 Å². The third-order valence-corrected chi connectivity index (χ3v) is 5.27. The van der Waals surface area contributed by atoms with E-state index >= 15 is 0 Å². The van der Waals surface area contributed by atoms with E-state index in [9.17, 15) is 0 Å². The summed E-state index contributed by atoms with van der Waals surface area (Å²) in [7, 11) is 1.86. The van der Waals surface area contributed by atoms with Crippen LogP contribution in [-0.4, -0.2) is 73.4 Å². The van der Waals surface area contributed by atoms with E-state index in [4.69, 9.17) is 9.26 Å². The quantitative estimate of drug-likeness (QED) is 0.274. The van der Waals surface area contributed by atoms with Crippen molar-refractivity contribution in [3.8, 4) is 0 Å². The number of guanidine groups is 1. The summed E-state index contributed by atoms with van der Waals surface area (Å²) >= 11 is 0. The maximum atomic E-state index is 5.99. The SMILES string of the molecule is CN=C(NCCCOC1CCCCC1)N1CCN(Cc2ccon2)CC1.I. The molecular formula is C19H34IN5O2. The van der Waals surface area contributed by atoms with Crippen LogP contribution in [0.3, 0.4) is 0 Å². The molecule has 1 aromatic heterocycles. The van der Waals surface area contributed by atoms with Gasteiger partial charge in [-0.2, -0.15) is 0 Å². The minimum atomic E-state index is 0. The minimum Gasteiger partial charge on any atom is -0.378 e. The molecule has 3 rings (SSSR count). The molecule has 0 spiro atoms. The number of piperazine rings is 1. The van der Waals surface area contributed by atoms with Gasteiger partial charge in [-0.25, -0.2) is 0 Å². The van der Waals surface area contributed by atoms with Crippen molar-refractivity contribution in [3.05, 3.63) is 18.0 Å². The summed E-state index contributed by atoms with van der Waals surface area (Å²) in [4.78, 5) is 9.18. The van der Waals surface area contributed by atoms with Gasteiger partial charge in [-0.1, -0.05) is 24.4 Å². The van der Waals surface area contributed by atoms with Gasteiger partial charge in [0.25, 0.3) is 0 Å². The number of halogens is 1. The average Bonchev–Trinajstić information content (AvgIpc) is 3.19. The maximum Gasteiger partial charge on any atom is 0.193 e. The Morgan fingerprint density at radius 3 is 2.70 bits per heavy atom. The molecule has 2 heterocycles. The van der Waals surface area contributed by atoms with Crippen LogP contribution >= 0.6 is 24.0 Å². The monoisotopic (exact) mass is 491 g/mol. The van der Waals surface area contributed by atoms with E-state index in [1.165, 1.54) is 32.1 Å². The van der Waals surface area contributed by atoms with E-state index in [0.717, 1.165) is 63.9 Å². The second-order valence-corrected chi connectivity index (χ2v) is 7.21. The van der Waals surface area contributed by atoms with Crippen molar-refractivity contribution in [2.24, 2.45) is 4.99 Å². The Hall–Kier alpha value is -0.870. The molecule has 0 amide bonds. The Kier molecular flexibility index (Phi) is 10.4. The fraction of sp³-hybridized carbons (Fsp3) is 0.789. The number of aliphatic imine (C=N–C) groups is 1. The summed E-state index contributed by atoms with van der Waals surface area (Å²) in [5.74, 6) is 1.00. The van der Waals surface area contributed by atoms with Gasteiger partial charge in [-0.05, 0) is 19.3 Å². The first-order chi connectivity index (χ1) is 12.8. The largest absolute Gasteiger partial charge is 0.378 e. The number of nitrogens with zero attached hydrogens (tertiary/aromatic N) is 4. The average molecular weight is 491 g/mol. The Morgan fingerprint density at radius 2 is 2.04 bits per heavy atom. The molecule has 27 heavy (non-hydrogen) atoms. The van der Waals surface area contributed by atoms with Crippen molar-refractivity contribution in [2.75, 3.05) is 46.4 Å². The fourth-order valence-corrected chi connectivity index (χ4v) is 3.75. The minimum absolute atomic E-state index is 0.